The number of nitrogens with two attached hydrogens (primary N) is 1. The lowest BCUT2D eigenvalue weighted by molar-refractivity contribution is -0.118. The molecule has 1 aliphatic carbocycles. The van der Waals surface area contributed by atoms with Crippen molar-refractivity contribution in [3.8, 4) is 11.5 Å². The van der Waals surface area contributed by atoms with Crippen LogP contribution in [0.1, 0.15) is 57.7 Å². The minimum Gasteiger partial charge on any atom is -0.494 e. The van der Waals surface area contributed by atoms with Crippen molar-refractivity contribution in [2.24, 2.45) is 5.73 Å². The molecule has 1 fully saturated rings. The zero-order valence-electron chi connectivity index (χ0n) is 26.7. The number of rotatable bonds is 16. The molecule has 5 N–H and O–H groups in total. The fraction of sp³-hybridized carbons (Fsp3) is 0.333. The summed E-state index contributed by atoms with van der Waals surface area (Å²) in [5.74, 6) is 0.653. The van der Waals surface area contributed by atoms with Gasteiger partial charge in [0.1, 0.15) is 11.5 Å². The van der Waals surface area contributed by atoms with Crippen LogP contribution in [0.2, 0.25) is 0 Å². The predicted octanol–water partition coefficient (Wildman–Crippen LogP) is 4.85. The number of carbonyl (C=O) groups excluding carboxylic acids is 3. The number of unbranched alkanes of at least 4 members (excludes halogenated alkanes) is 1. The Morgan fingerprint density at radius 3 is 2.71 bits per heavy atom. The van der Waals surface area contributed by atoms with Crippen LogP contribution in [0.5, 0.6) is 11.5 Å². The topological polar surface area (TPSA) is 148 Å². The second-order valence-corrected chi connectivity index (χ2v) is 12.8. The molecule has 0 saturated heterocycles. The highest BCUT2D eigenvalue weighted by molar-refractivity contribution is 7.07. The molecule has 1 aliphatic heterocycles. The minimum atomic E-state index is -0.228. The Bertz CT molecular complexity index is 1710. The quantitative estimate of drug-likeness (QED) is 0.124. The Morgan fingerprint density at radius 2 is 1.92 bits per heavy atom. The number of nitrogens with one attached hydrogen (secondary N) is 3. The van der Waals surface area contributed by atoms with Gasteiger partial charge in [0.15, 0.2) is 6.61 Å². The Kier molecular flexibility index (Phi) is 11.0. The van der Waals surface area contributed by atoms with E-state index in [4.69, 9.17) is 15.2 Å². The summed E-state index contributed by atoms with van der Waals surface area (Å²) in [5.41, 5.74) is 12.2. The van der Waals surface area contributed by atoms with Gasteiger partial charge in [-0.15, -0.1) is 11.3 Å². The smallest absolute Gasteiger partial charge is 0.262 e. The Labute approximate surface area is 283 Å². The van der Waals surface area contributed by atoms with E-state index in [0.717, 1.165) is 56.5 Å². The lowest BCUT2D eigenvalue weighted by Gasteiger charge is -2.24. The van der Waals surface area contributed by atoms with Gasteiger partial charge in [0, 0.05) is 59.9 Å². The van der Waals surface area contributed by atoms with Crippen molar-refractivity contribution in [2.45, 2.75) is 50.7 Å². The average molecular weight is 669 g/mol. The second kappa shape index (κ2) is 15.9. The van der Waals surface area contributed by atoms with Gasteiger partial charge in [-0.05, 0) is 80.3 Å². The summed E-state index contributed by atoms with van der Waals surface area (Å²) >= 11 is 1.59. The van der Waals surface area contributed by atoms with E-state index in [1.807, 2.05) is 52.2 Å². The number of ether oxygens (including phenoxy) is 2. The second-order valence-electron chi connectivity index (χ2n) is 12.1. The fourth-order valence-corrected chi connectivity index (χ4v) is 6.03. The summed E-state index contributed by atoms with van der Waals surface area (Å²) in [6.07, 6.45) is 4.54. The first-order chi connectivity index (χ1) is 23.4. The highest BCUT2D eigenvalue weighted by Gasteiger charge is 2.33. The monoisotopic (exact) mass is 668 g/mol. The lowest BCUT2D eigenvalue weighted by Crippen LogP contribution is -2.36. The van der Waals surface area contributed by atoms with Crippen molar-refractivity contribution in [3.05, 3.63) is 100 Å². The van der Waals surface area contributed by atoms with E-state index in [2.05, 4.69) is 20.9 Å². The van der Waals surface area contributed by atoms with E-state index in [-0.39, 0.29) is 36.4 Å². The molecule has 1 aromatic heterocycles. The van der Waals surface area contributed by atoms with Crippen LogP contribution in [0.4, 0.5) is 11.4 Å². The summed E-state index contributed by atoms with van der Waals surface area (Å²) in [4.78, 5) is 44.2. The Balaban J connectivity index is 0.942. The number of anilines is 2. The number of fused-ring (bicyclic) bond motifs is 1. The van der Waals surface area contributed by atoms with Gasteiger partial charge in [-0.25, -0.2) is 4.98 Å². The van der Waals surface area contributed by atoms with Crippen LogP contribution in [0.3, 0.4) is 0 Å². The van der Waals surface area contributed by atoms with Crippen LogP contribution in [-0.4, -0.2) is 66.0 Å². The SMILES string of the molecule is N[C@H](CNCCCCOc1cccc(NC(=O)c2ccc(CN(C(=O)c3ccc4c(c3)OCC(=O)N4)C3CC3)cc2)c1)Cc1cscn1. The maximum absolute atomic E-state index is 13.5. The number of amides is 3. The fourth-order valence-electron chi connectivity index (χ4n) is 5.46. The van der Waals surface area contributed by atoms with Gasteiger partial charge in [-0.1, -0.05) is 18.2 Å². The summed E-state index contributed by atoms with van der Waals surface area (Å²) < 4.78 is 11.4. The zero-order chi connectivity index (χ0) is 33.3. The van der Waals surface area contributed by atoms with Crippen LogP contribution in [0.25, 0.3) is 0 Å². The summed E-state index contributed by atoms with van der Waals surface area (Å²) in [5, 5.41) is 11.1. The first-order valence-corrected chi connectivity index (χ1v) is 17.2. The van der Waals surface area contributed by atoms with Crippen molar-refractivity contribution in [3.63, 3.8) is 0 Å². The molecular formula is C36H40N6O5S. The number of hydrogen-bond donors (Lipinski definition) is 4. The molecule has 11 nitrogen and oxygen atoms in total. The van der Waals surface area contributed by atoms with Crippen LogP contribution in [-0.2, 0) is 17.8 Å². The number of thiazole rings is 1. The van der Waals surface area contributed by atoms with Crippen molar-refractivity contribution in [2.75, 3.05) is 36.9 Å². The number of carbonyl (C=O) groups is 3. The normalized spacial score (nSPS) is 14.3. The third-order valence-electron chi connectivity index (χ3n) is 8.15. The first kappa shape index (κ1) is 33.1. The molecule has 12 heteroatoms. The molecule has 1 atom stereocenters. The Hall–Kier alpha value is -4.78. The molecule has 2 aliphatic rings. The summed E-state index contributed by atoms with van der Waals surface area (Å²) in [7, 11) is 0. The highest BCUT2D eigenvalue weighted by atomic mass is 32.1. The number of hydrogen-bond acceptors (Lipinski definition) is 9. The molecule has 250 valence electrons. The molecular weight excluding hydrogens is 629 g/mol. The minimum absolute atomic E-state index is 0.0449. The van der Waals surface area contributed by atoms with E-state index in [0.29, 0.717) is 47.2 Å². The molecule has 0 spiro atoms. The van der Waals surface area contributed by atoms with E-state index in [1.165, 1.54) is 0 Å². The lowest BCUT2D eigenvalue weighted by atomic mass is 10.1. The molecule has 0 unspecified atom stereocenters. The van der Waals surface area contributed by atoms with Crippen molar-refractivity contribution in [1.29, 1.82) is 0 Å². The number of aromatic nitrogens is 1. The zero-order valence-corrected chi connectivity index (χ0v) is 27.5. The van der Waals surface area contributed by atoms with Crippen molar-refractivity contribution < 1.29 is 23.9 Å². The maximum Gasteiger partial charge on any atom is 0.262 e. The van der Waals surface area contributed by atoms with Crippen molar-refractivity contribution in [1.82, 2.24) is 15.2 Å². The summed E-state index contributed by atoms with van der Waals surface area (Å²) in [6.45, 7) is 2.54. The standard InChI is InChI=1S/C36H40N6O5S/c37-27(17-29-22-48-23-39-29)19-38-14-1-2-15-46-31-5-3-4-28(18-31)40-35(44)25-8-6-24(7-9-25)20-42(30-11-12-30)36(45)26-10-13-32-33(16-26)47-21-34(43)41-32/h3-10,13,16,18,22-23,27,30,38H,1-2,11-12,14-15,17,19-21,37H2,(H,40,44)(H,41,43)/t27-/m0/s1. The molecule has 48 heavy (non-hydrogen) atoms. The van der Waals surface area contributed by atoms with Gasteiger partial charge in [0.2, 0.25) is 0 Å². The highest BCUT2D eigenvalue weighted by Crippen LogP contribution is 2.33. The molecule has 0 radical (unpaired) electrons. The molecule has 1 saturated carbocycles. The number of nitrogens with zero attached hydrogens (tertiary/aromatic N) is 2. The van der Waals surface area contributed by atoms with Gasteiger partial charge in [0.25, 0.3) is 17.7 Å². The predicted molar refractivity (Wildman–Crippen MR) is 186 cm³/mol. The first-order valence-electron chi connectivity index (χ1n) is 16.3. The van der Waals surface area contributed by atoms with E-state index in [9.17, 15) is 14.4 Å². The molecule has 3 amide bonds. The van der Waals surface area contributed by atoms with Gasteiger partial charge in [0.05, 0.1) is 23.5 Å². The van der Waals surface area contributed by atoms with Crippen LogP contribution < -0.4 is 31.2 Å². The average Bonchev–Trinajstić information content (AvgIpc) is 3.81. The van der Waals surface area contributed by atoms with E-state index < -0.39 is 0 Å². The van der Waals surface area contributed by atoms with Gasteiger partial charge < -0.3 is 36.1 Å². The molecule has 6 rings (SSSR count). The van der Waals surface area contributed by atoms with Crippen LogP contribution >= 0.6 is 11.3 Å². The summed E-state index contributed by atoms with van der Waals surface area (Å²) in [6, 6.07) is 20.0. The molecule has 2 heterocycles. The Morgan fingerprint density at radius 1 is 1.08 bits per heavy atom. The van der Waals surface area contributed by atoms with Gasteiger partial charge in [-0.2, -0.15) is 0 Å². The van der Waals surface area contributed by atoms with Crippen LogP contribution in [0, 0.1) is 0 Å². The van der Waals surface area contributed by atoms with E-state index in [1.54, 1.807) is 41.7 Å². The van der Waals surface area contributed by atoms with Gasteiger partial charge >= 0.3 is 0 Å². The van der Waals surface area contributed by atoms with E-state index >= 15 is 0 Å². The molecule has 0 bridgehead atoms. The third kappa shape index (κ3) is 9.18. The molecule has 4 aromatic rings. The van der Waals surface area contributed by atoms with Crippen LogP contribution in [0.15, 0.2) is 77.6 Å². The third-order valence-corrected chi connectivity index (χ3v) is 8.78. The van der Waals surface area contributed by atoms with Gasteiger partial charge in [-0.3, -0.25) is 14.4 Å². The largest absolute Gasteiger partial charge is 0.494 e. The maximum atomic E-state index is 13.5. The van der Waals surface area contributed by atoms with Crippen molar-refractivity contribution >= 4 is 40.4 Å². The molecule has 3 aromatic carbocycles. The number of benzene rings is 3.